The molecule has 0 radical (unpaired) electrons. The van der Waals surface area contributed by atoms with E-state index in [1.165, 1.54) is 7.11 Å². The van der Waals surface area contributed by atoms with Crippen molar-refractivity contribution in [3.63, 3.8) is 0 Å². The molecular weight excluding hydrogens is 240 g/mol. The molecule has 1 saturated carbocycles. The highest BCUT2D eigenvalue weighted by Gasteiger charge is 2.51. The first-order valence-electron chi connectivity index (χ1n) is 7.48. The Kier molecular flexibility index (Phi) is 6.27. The summed E-state index contributed by atoms with van der Waals surface area (Å²) in [7, 11) is 3.59. The molecule has 1 aliphatic rings. The molecule has 1 fully saturated rings. The molecular formula is C15H30N2O2. The minimum atomic E-state index is -0.506. The summed E-state index contributed by atoms with van der Waals surface area (Å²) in [6.45, 7) is 9.13. The van der Waals surface area contributed by atoms with E-state index in [-0.39, 0.29) is 5.97 Å². The van der Waals surface area contributed by atoms with Gasteiger partial charge in [0.2, 0.25) is 0 Å². The van der Waals surface area contributed by atoms with Crippen LogP contribution in [-0.2, 0) is 9.53 Å². The van der Waals surface area contributed by atoms with Gasteiger partial charge in [-0.05, 0) is 44.7 Å². The number of hydrogen-bond donors (Lipinski definition) is 1. The van der Waals surface area contributed by atoms with Crippen molar-refractivity contribution in [3.8, 4) is 0 Å². The minimum Gasteiger partial charge on any atom is -0.468 e. The first-order chi connectivity index (χ1) is 8.96. The summed E-state index contributed by atoms with van der Waals surface area (Å²) in [4.78, 5) is 14.6. The fourth-order valence-electron chi connectivity index (χ4n) is 2.85. The Bertz CT molecular complexity index is 290. The SMILES string of the molecule is CCCNC(CN(C)CC(C)C)(C(=O)OC)C1CC1. The molecule has 1 N–H and O–H groups in total. The largest absolute Gasteiger partial charge is 0.468 e. The third-order valence-corrected chi connectivity index (χ3v) is 3.71. The van der Waals surface area contributed by atoms with Crippen molar-refractivity contribution < 1.29 is 9.53 Å². The number of ether oxygens (including phenoxy) is 1. The number of esters is 1. The minimum absolute atomic E-state index is 0.0981. The standard InChI is InChI=1S/C15H30N2O2/c1-6-9-16-15(13-7-8-13,14(18)19-5)11-17(4)10-12(2)3/h12-13,16H,6-11H2,1-5H3. The van der Waals surface area contributed by atoms with E-state index in [4.69, 9.17) is 4.74 Å². The van der Waals surface area contributed by atoms with Crippen LogP contribution in [0.2, 0.25) is 0 Å². The molecule has 0 aromatic heterocycles. The van der Waals surface area contributed by atoms with Gasteiger partial charge in [-0.25, -0.2) is 4.79 Å². The molecule has 4 heteroatoms. The molecule has 112 valence electrons. The summed E-state index contributed by atoms with van der Waals surface area (Å²) in [5.41, 5.74) is -0.506. The Balaban J connectivity index is 2.79. The Labute approximate surface area is 117 Å². The Hall–Kier alpha value is -0.610. The van der Waals surface area contributed by atoms with E-state index in [1.807, 2.05) is 0 Å². The van der Waals surface area contributed by atoms with E-state index in [9.17, 15) is 4.79 Å². The smallest absolute Gasteiger partial charge is 0.327 e. The van der Waals surface area contributed by atoms with Crippen LogP contribution in [0, 0.1) is 11.8 Å². The van der Waals surface area contributed by atoms with E-state index < -0.39 is 5.54 Å². The van der Waals surface area contributed by atoms with Gasteiger partial charge in [0, 0.05) is 13.1 Å². The number of rotatable bonds is 9. The van der Waals surface area contributed by atoms with Gasteiger partial charge in [-0.1, -0.05) is 20.8 Å². The van der Waals surface area contributed by atoms with E-state index in [1.54, 1.807) is 0 Å². The topological polar surface area (TPSA) is 41.6 Å². The highest BCUT2D eigenvalue weighted by molar-refractivity contribution is 5.82. The molecule has 1 unspecified atom stereocenters. The third kappa shape index (κ3) is 4.46. The van der Waals surface area contributed by atoms with E-state index in [2.05, 4.69) is 38.0 Å². The molecule has 0 aromatic rings. The Morgan fingerprint density at radius 2 is 2.11 bits per heavy atom. The first kappa shape index (κ1) is 16.4. The van der Waals surface area contributed by atoms with Crippen molar-refractivity contribution in [2.24, 2.45) is 11.8 Å². The van der Waals surface area contributed by atoms with Gasteiger partial charge in [0.25, 0.3) is 0 Å². The van der Waals surface area contributed by atoms with Crippen LogP contribution in [-0.4, -0.2) is 50.2 Å². The van der Waals surface area contributed by atoms with Gasteiger partial charge in [-0.15, -0.1) is 0 Å². The highest BCUT2D eigenvalue weighted by atomic mass is 16.5. The van der Waals surface area contributed by atoms with Crippen molar-refractivity contribution in [1.29, 1.82) is 0 Å². The predicted molar refractivity (Wildman–Crippen MR) is 78.1 cm³/mol. The summed E-state index contributed by atoms with van der Waals surface area (Å²) in [6, 6.07) is 0. The number of carbonyl (C=O) groups excluding carboxylic acids is 1. The molecule has 0 aliphatic heterocycles. The lowest BCUT2D eigenvalue weighted by molar-refractivity contribution is -0.150. The van der Waals surface area contributed by atoms with Crippen molar-refractivity contribution in [2.75, 3.05) is 33.8 Å². The highest BCUT2D eigenvalue weighted by Crippen LogP contribution is 2.41. The predicted octanol–water partition coefficient (Wildman–Crippen LogP) is 1.90. The fourth-order valence-corrected chi connectivity index (χ4v) is 2.85. The zero-order valence-electron chi connectivity index (χ0n) is 13.2. The number of nitrogens with one attached hydrogen (secondary N) is 1. The first-order valence-corrected chi connectivity index (χ1v) is 7.48. The molecule has 0 amide bonds. The van der Waals surface area contributed by atoms with Gasteiger partial charge in [0.15, 0.2) is 0 Å². The summed E-state index contributed by atoms with van der Waals surface area (Å²) in [5.74, 6) is 0.936. The monoisotopic (exact) mass is 270 g/mol. The Morgan fingerprint density at radius 1 is 1.47 bits per heavy atom. The van der Waals surface area contributed by atoms with E-state index in [0.29, 0.717) is 11.8 Å². The summed E-state index contributed by atoms with van der Waals surface area (Å²) in [5, 5.41) is 3.48. The summed E-state index contributed by atoms with van der Waals surface area (Å²) < 4.78 is 5.09. The average molecular weight is 270 g/mol. The molecule has 19 heavy (non-hydrogen) atoms. The maximum Gasteiger partial charge on any atom is 0.327 e. The molecule has 0 spiro atoms. The Morgan fingerprint density at radius 3 is 2.53 bits per heavy atom. The second kappa shape index (κ2) is 7.25. The fraction of sp³-hybridized carbons (Fsp3) is 0.933. The number of hydrogen-bond acceptors (Lipinski definition) is 4. The molecule has 1 rings (SSSR count). The lowest BCUT2D eigenvalue weighted by atomic mass is 9.91. The molecule has 1 atom stereocenters. The molecule has 0 heterocycles. The van der Waals surface area contributed by atoms with Crippen LogP contribution in [0.1, 0.15) is 40.0 Å². The molecule has 0 saturated heterocycles. The van der Waals surface area contributed by atoms with Gasteiger partial charge in [0.1, 0.15) is 5.54 Å². The number of carbonyl (C=O) groups is 1. The van der Waals surface area contributed by atoms with Crippen LogP contribution in [0.25, 0.3) is 0 Å². The van der Waals surface area contributed by atoms with Gasteiger partial charge in [0.05, 0.1) is 7.11 Å². The quantitative estimate of drug-likeness (QED) is 0.650. The van der Waals surface area contributed by atoms with E-state index >= 15 is 0 Å². The molecule has 4 nitrogen and oxygen atoms in total. The van der Waals surface area contributed by atoms with Crippen molar-refractivity contribution in [1.82, 2.24) is 10.2 Å². The number of likely N-dealkylation sites (N-methyl/N-ethyl adjacent to an activating group) is 1. The van der Waals surface area contributed by atoms with Gasteiger partial charge >= 0.3 is 5.97 Å². The normalized spacial score (nSPS) is 18.7. The van der Waals surface area contributed by atoms with Crippen LogP contribution < -0.4 is 5.32 Å². The van der Waals surface area contributed by atoms with Crippen LogP contribution in [0.15, 0.2) is 0 Å². The zero-order valence-corrected chi connectivity index (χ0v) is 13.2. The molecule has 0 aromatic carbocycles. The van der Waals surface area contributed by atoms with Crippen LogP contribution >= 0.6 is 0 Å². The van der Waals surface area contributed by atoms with Gasteiger partial charge < -0.3 is 15.0 Å². The van der Waals surface area contributed by atoms with E-state index in [0.717, 1.165) is 38.9 Å². The average Bonchev–Trinajstić information content (AvgIpc) is 3.16. The maximum absolute atomic E-state index is 12.3. The number of methoxy groups -OCH3 is 1. The molecule has 1 aliphatic carbocycles. The zero-order chi connectivity index (χ0) is 14.5. The number of nitrogens with zero attached hydrogens (tertiary/aromatic N) is 1. The van der Waals surface area contributed by atoms with Crippen molar-refractivity contribution in [3.05, 3.63) is 0 Å². The second-order valence-electron chi connectivity index (χ2n) is 6.25. The van der Waals surface area contributed by atoms with Crippen LogP contribution in [0.3, 0.4) is 0 Å². The van der Waals surface area contributed by atoms with Crippen molar-refractivity contribution in [2.45, 2.75) is 45.6 Å². The summed E-state index contributed by atoms with van der Waals surface area (Å²) >= 11 is 0. The summed E-state index contributed by atoms with van der Waals surface area (Å²) in [6.07, 6.45) is 3.28. The lowest BCUT2D eigenvalue weighted by Crippen LogP contribution is -2.61. The third-order valence-electron chi connectivity index (χ3n) is 3.71. The maximum atomic E-state index is 12.3. The lowest BCUT2D eigenvalue weighted by Gasteiger charge is -2.36. The van der Waals surface area contributed by atoms with Gasteiger partial charge in [-0.2, -0.15) is 0 Å². The van der Waals surface area contributed by atoms with Crippen LogP contribution in [0.5, 0.6) is 0 Å². The second-order valence-corrected chi connectivity index (χ2v) is 6.25. The van der Waals surface area contributed by atoms with Gasteiger partial charge in [-0.3, -0.25) is 0 Å². The van der Waals surface area contributed by atoms with Crippen LogP contribution in [0.4, 0.5) is 0 Å². The van der Waals surface area contributed by atoms with Crippen molar-refractivity contribution >= 4 is 5.97 Å². The molecule has 0 bridgehead atoms.